The third-order valence-electron chi connectivity index (χ3n) is 8.30. The summed E-state index contributed by atoms with van der Waals surface area (Å²) in [5, 5.41) is 22.3. The predicted molar refractivity (Wildman–Crippen MR) is 195 cm³/mol. The van der Waals surface area contributed by atoms with E-state index < -0.39 is 14.4 Å². The molecule has 0 aliphatic carbocycles. The van der Waals surface area contributed by atoms with Crippen molar-refractivity contribution in [2.45, 2.75) is 64.6 Å². The van der Waals surface area contributed by atoms with Crippen LogP contribution in [0.5, 0.6) is 5.75 Å². The van der Waals surface area contributed by atoms with Crippen molar-refractivity contribution in [2.24, 2.45) is 0 Å². The van der Waals surface area contributed by atoms with Crippen LogP contribution in [0.4, 0.5) is 16.6 Å². The Hall–Kier alpha value is -4.33. The largest absolute Gasteiger partial charge is 0.495 e. The molecule has 0 radical (unpaired) electrons. The van der Waals surface area contributed by atoms with Crippen LogP contribution in [0.25, 0.3) is 11.0 Å². The zero-order valence-corrected chi connectivity index (χ0v) is 30.5. The molecule has 1 unspecified atom stereocenters. The smallest absolute Gasteiger partial charge is 0.411 e. The lowest BCUT2D eigenvalue weighted by Gasteiger charge is -2.43. The molecular formula is C35H42BrN7O4Si. The summed E-state index contributed by atoms with van der Waals surface area (Å²) in [7, 11) is -1.13. The van der Waals surface area contributed by atoms with Crippen molar-refractivity contribution in [1.82, 2.24) is 24.7 Å². The number of methoxy groups -OCH3 is 1. The Balaban J connectivity index is 1.48. The van der Waals surface area contributed by atoms with E-state index >= 15 is 0 Å². The second-order valence-corrected chi connectivity index (χ2v) is 17.8. The number of benzene rings is 2. The number of pyridine rings is 1. The number of anilines is 2. The van der Waals surface area contributed by atoms with Gasteiger partial charge in [-0.3, -0.25) is 15.0 Å². The van der Waals surface area contributed by atoms with E-state index in [0.717, 1.165) is 17.3 Å². The average Bonchev–Trinajstić information content (AvgIpc) is 3.46. The molecule has 3 N–H and O–H groups in total. The monoisotopic (exact) mass is 731 g/mol. The molecule has 0 fully saturated rings. The number of nitrogens with one attached hydrogen (secondary N) is 2. The molecule has 0 saturated carbocycles. The van der Waals surface area contributed by atoms with Gasteiger partial charge in [0.05, 0.1) is 19.9 Å². The molecule has 13 heteroatoms. The number of amides is 1. The summed E-state index contributed by atoms with van der Waals surface area (Å²) in [6.45, 7) is 9.75. The van der Waals surface area contributed by atoms with E-state index in [4.69, 9.17) is 9.16 Å². The number of aromatic nitrogens is 5. The molecule has 3 heterocycles. The summed E-state index contributed by atoms with van der Waals surface area (Å²) in [5.74, 6) is 1.05. The first-order valence-electron chi connectivity index (χ1n) is 16.0. The second kappa shape index (κ2) is 15.3. The Bertz CT molecular complexity index is 1790. The summed E-state index contributed by atoms with van der Waals surface area (Å²) in [4.78, 5) is 25.2. The van der Waals surface area contributed by atoms with Crippen LogP contribution in [0.3, 0.4) is 0 Å². The Kier molecular flexibility index (Phi) is 11.1. The molecule has 252 valence electrons. The molecule has 1 atom stereocenters. The van der Waals surface area contributed by atoms with Crippen LogP contribution in [0, 0.1) is 0 Å². The molecule has 0 aliphatic rings. The maximum absolute atomic E-state index is 11.6. The van der Waals surface area contributed by atoms with Gasteiger partial charge in [-0.2, -0.15) is 10.1 Å². The molecule has 0 saturated heterocycles. The van der Waals surface area contributed by atoms with Crippen molar-refractivity contribution < 1.29 is 19.1 Å². The molecule has 5 rings (SSSR count). The molecule has 0 spiro atoms. The number of hydrogen-bond acceptors (Lipinski definition) is 8. The summed E-state index contributed by atoms with van der Waals surface area (Å²) in [5.41, 5.74) is 1.80. The van der Waals surface area contributed by atoms with Crippen molar-refractivity contribution in [3.63, 3.8) is 0 Å². The first-order valence-corrected chi connectivity index (χ1v) is 18.7. The Morgan fingerprint density at radius 3 is 2.27 bits per heavy atom. The van der Waals surface area contributed by atoms with Gasteiger partial charge in [-0.15, -0.1) is 0 Å². The minimum Gasteiger partial charge on any atom is -0.495 e. The molecule has 1 amide bonds. The molecule has 5 aromatic rings. The third-order valence-corrected chi connectivity index (χ3v) is 13.8. The molecular weight excluding hydrogens is 690 g/mol. The lowest BCUT2D eigenvalue weighted by molar-refractivity contribution is 0.209. The van der Waals surface area contributed by atoms with Gasteiger partial charge in [0.2, 0.25) is 5.95 Å². The molecule has 11 nitrogen and oxygen atoms in total. The number of ether oxygens (including phenoxy) is 1. The topological polar surface area (TPSA) is 136 Å². The fourth-order valence-electron chi connectivity index (χ4n) is 6.20. The van der Waals surface area contributed by atoms with Crippen LogP contribution < -0.4 is 25.7 Å². The average molecular weight is 733 g/mol. The van der Waals surface area contributed by atoms with Crippen molar-refractivity contribution in [3.05, 3.63) is 89.3 Å². The Morgan fingerprint density at radius 2 is 1.69 bits per heavy atom. The van der Waals surface area contributed by atoms with Gasteiger partial charge in [0.25, 0.3) is 8.32 Å². The van der Waals surface area contributed by atoms with E-state index in [1.54, 1.807) is 24.2 Å². The zero-order valence-electron chi connectivity index (χ0n) is 27.9. The first kappa shape index (κ1) is 35.0. The van der Waals surface area contributed by atoms with Gasteiger partial charge in [-0.05, 0) is 50.2 Å². The minimum absolute atomic E-state index is 0.0322. The summed E-state index contributed by atoms with van der Waals surface area (Å²) in [6, 6.07) is 23.0. The van der Waals surface area contributed by atoms with Crippen LogP contribution in [-0.2, 0) is 11.0 Å². The van der Waals surface area contributed by atoms with E-state index in [0.29, 0.717) is 47.9 Å². The van der Waals surface area contributed by atoms with E-state index in [1.165, 1.54) is 10.4 Å². The SMILES string of the molecule is CCCC(CCO[Si](c1ccccc1)(c1ccccc1)C(C)(C)C)Nc1nc(NC(=O)O)nc2cnn(Cc3ncc(Br)cc3OC)c12. The van der Waals surface area contributed by atoms with Crippen molar-refractivity contribution in [2.75, 3.05) is 24.4 Å². The van der Waals surface area contributed by atoms with Gasteiger partial charge in [0.1, 0.15) is 22.5 Å². The van der Waals surface area contributed by atoms with Crippen LogP contribution in [0.2, 0.25) is 5.04 Å². The fourth-order valence-corrected chi connectivity index (χ4v) is 11.1. The van der Waals surface area contributed by atoms with Crippen molar-refractivity contribution in [3.8, 4) is 5.75 Å². The number of nitrogens with zero attached hydrogens (tertiary/aromatic N) is 5. The van der Waals surface area contributed by atoms with Gasteiger partial charge in [-0.1, -0.05) is 94.8 Å². The van der Waals surface area contributed by atoms with E-state index in [1.807, 2.05) is 18.2 Å². The summed E-state index contributed by atoms with van der Waals surface area (Å²) < 4.78 is 15.3. The number of carboxylic acid groups (broad SMARTS) is 1. The maximum Gasteiger partial charge on any atom is 0.411 e. The quantitative estimate of drug-likeness (QED) is 0.107. The highest BCUT2D eigenvalue weighted by Crippen LogP contribution is 2.37. The standard InChI is InChI=1S/C35H42BrN7O4Si/c1-6-13-25(18-19-47-48(35(2,3)4,26-14-9-7-10-15-26)27-16-11-8-12-17-27)39-32-31-28(40-33(41-32)42-34(44)45)22-38-43(31)23-29-30(46-5)20-24(36)21-37-29/h7-12,14-17,20-22,25H,6,13,18-19,23H2,1-5H3,(H,44,45)(H2,39,40,41,42). The first-order chi connectivity index (χ1) is 23.1. The highest BCUT2D eigenvalue weighted by atomic mass is 79.9. The number of carbonyl (C=O) groups is 1. The van der Waals surface area contributed by atoms with Gasteiger partial charge < -0.3 is 19.6 Å². The number of hydrogen-bond donors (Lipinski definition) is 3. The zero-order chi connectivity index (χ0) is 34.3. The van der Waals surface area contributed by atoms with Gasteiger partial charge >= 0.3 is 6.09 Å². The van der Waals surface area contributed by atoms with Crippen LogP contribution in [0.1, 0.15) is 52.7 Å². The highest BCUT2D eigenvalue weighted by molar-refractivity contribution is 9.10. The normalized spacial score (nSPS) is 12.5. The van der Waals surface area contributed by atoms with Crippen LogP contribution in [0.15, 0.2) is 83.6 Å². The molecule has 0 aliphatic heterocycles. The number of halogens is 1. The Morgan fingerprint density at radius 1 is 1.02 bits per heavy atom. The van der Waals surface area contributed by atoms with Crippen LogP contribution in [-0.4, -0.2) is 64.0 Å². The highest BCUT2D eigenvalue weighted by Gasteiger charge is 2.50. The molecule has 2 aromatic carbocycles. The fraction of sp³-hybridized carbons (Fsp3) is 0.343. The number of rotatable bonds is 14. The van der Waals surface area contributed by atoms with Crippen LogP contribution >= 0.6 is 15.9 Å². The lowest BCUT2D eigenvalue weighted by Crippen LogP contribution is -2.66. The van der Waals surface area contributed by atoms with Crippen molar-refractivity contribution in [1.29, 1.82) is 0 Å². The van der Waals surface area contributed by atoms with Gasteiger partial charge in [0, 0.05) is 23.3 Å². The summed E-state index contributed by atoms with van der Waals surface area (Å²) in [6.07, 6.45) is 4.51. The van der Waals surface area contributed by atoms with Gasteiger partial charge in [0.15, 0.2) is 5.82 Å². The summed E-state index contributed by atoms with van der Waals surface area (Å²) >= 11 is 3.45. The van der Waals surface area contributed by atoms with E-state index in [2.05, 4.69) is 123 Å². The van der Waals surface area contributed by atoms with E-state index in [9.17, 15) is 9.90 Å². The lowest BCUT2D eigenvalue weighted by atomic mass is 10.1. The van der Waals surface area contributed by atoms with Crippen molar-refractivity contribution >= 4 is 63.5 Å². The molecule has 3 aromatic heterocycles. The number of fused-ring (bicyclic) bond motifs is 1. The maximum atomic E-state index is 11.6. The third kappa shape index (κ3) is 7.69. The molecule has 48 heavy (non-hydrogen) atoms. The van der Waals surface area contributed by atoms with E-state index in [-0.39, 0.29) is 17.0 Å². The predicted octanol–water partition coefficient (Wildman–Crippen LogP) is 6.68. The minimum atomic E-state index is -2.72. The Labute approximate surface area is 290 Å². The second-order valence-electron chi connectivity index (χ2n) is 12.6. The van der Waals surface area contributed by atoms with Gasteiger partial charge in [-0.25, -0.2) is 9.78 Å². The molecule has 0 bridgehead atoms.